The average Bonchev–Trinajstić information content (AvgIpc) is 3.50. The molecule has 1 aliphatic heterocycles. The second kappa shape index (κ2) is 8.52. The van der Waals surface area contributed by atoms with Crippen LogP contribution < -0.4 is 10.2 Å². The second-order valence-corrected chi connectivity index (χ2v) is 9.75. The molecule has 6 rings (SSSR count). The number of aliphatic hydroxyl groups excluding tert-OH is 1. The SMILES string of the molecule is Cc1nc2c(nc1-c1cc3nc(N4CCCC4)nc(N[C@H]4CC[C@H](O)CC4)n3n1)CCCC2. The zero-order chi connectivity index (χ0) is 22.4. The molecule has 0 aromatic carbocycles. The van der Waals surface area contributed by atoms with E-state index in [4.69, 9.17) is 25.0 Å². The molecule has 9 heteroatoms. The summed E-state index contributed by atoms with van der Waals surface area (Å²) in [4.78, 5) is 21.9. The number of aliphatic hydroxyl groups is 1. The van der Waals surface area contributed by atoms with E-state index < -0.39 is 0 Å². The standard InChI is InChI=1S/C24H32N8O/c1-15-22(27-19-7-3-2-6-18(19)25-15)20-14-21-28-23(31-12-4-5-13-31)29-24(32(21)30-20)26-16-8-10-17(33)11-9-16/h14,16-17,33H,2-13H2,1H3,(H,26,28,29)/t16-,17-. The summed E-state index contributed by atoms with van der Waals surface area (Å²) in [5.41, 5.74) is 5.59. The van der Waals surface area contributed by atoms with Crippen LogP contribution in [0.3, 0.4) is 0 Å². The quantitative estimate of drug-likeness (QED) is 0.627. The summed E-state index contributed by atoms with van der Waals surface area (Å²) in [7, 11) is 0. The van der Waals surface area contributed by atoms with Gasteiger partial charge in [-0.3, -0.25) is 4.98 Å². The molecular weight excluding hydrogens is 416 g/mol. The van der Waals surface area contributed by atoms with E-state index in [1.807, 2.05) is 17.5 Å². The monoisotopic (exact) mass is 448 g/mol. The first-order chi connectivity index (χ1) is 16.1. The second-order valence-electron chi connectivity index (χ2n) is 9.75. The zero-order valence-electron chi connectivity index (χ0n) is 19.3. The lowest BCUT2D eigenvalue weighted by Crippen LogP contribution is -2.30. The predicted octanol–water partition coefficient (Wildman–Crippen LogP) is 3.08. The lowest BCUT2D eigenvalue weighted by atomic mass is 9.93. The third-order valence-electron chi connectivity index (χ3n) is 7.28. The van der Waals surface area contributed by atoms with Crippen molar-refractivity contribution in [3.63, 3.8) is 0 Å². The van der Waals surface area contributed by atoms with Crippen LogP contribution in [0, 0.1) is 6.92 Å². The molecular formula is C24H32N8O. The van der Waals surface area contributed by atoms with Crippen LogP contribution in [0.25, 0.3) is 17.0 Å². The molecule has 1 saturated carbocycles. The van der Waals surface area contributed by atoms with Crippen molar-refractivity contribution in [2.75, 3.05) is 23.3 Å². The Hall–Kier alpha value is -2.81. The number of rotatable bonds is 4. The fraction of sp³-hybridized carbons (Fsp3) is 0.625. The van der Waals surface area contributed by atoms with Crippen LogP contribution in [0.5, 0.6) is 0 Å². The molecule has 4 heterocycles. The minimum absolute atomic E-state index is 0.185. The van der Waals surface area contributed by atoms with Crippen molar-refractivity contribution in [1.29, 1.82) is 0 Å². The van der Waals surface area contributed by atoms with E-state index in [9.17, 15) is 5.11 Å². The molecule has 0 radical (unpaired) electrons. The number of aryl methyl sites for hydroxylation is 3. The van der Waals surface area contributed by atoms with E-state index in [1.165, 1.54) is 25.7 Å². The van der Waals surface area contributed by atoms with Gasteiger partial charge in [0.25, 0.3) is 0 Å². The number of hydrogen-bond donors (Lipinski definition) is 2. The Morgan fingerprint density at radius 1 is 0.909 bits per heavy atom. The van der Waals surface area contributed by atoms with Crippen LogP contribution in [-0.4, -0.2) is 59.9 Å². The Labute approximate surface area is 193 Å². The van der Waals surface area contributed by atoms with E-state index in [-0.39, 0.29) is 12.1 Å². The van der Waals surface area contributed by atoms with Gasteiger partial charge in [-0.15, -0.1) is 0 Å². The maximum Gasteiger partial charge on any atom is 0.230 e. The van der Waals surface area contributed by atoms with Gasteiger partial charge in [-0.1, -0.05) is 0 Å². The summed E-state index contributed by atoms with van der Waals surface area (Å²) in [6.07, 6.45) is 10.0. The summed E-state index contributed by atoms with van der Waals surface area (Å²) in [5.74, 6) is 1.48. The lowest BCUT2D eigenvalue weighted by Gasteiger charge is -2.27. The molecule has 2 N–H and O–H groups in total. The van der Waals surface area contributed by atoms with Gasteiger partial charge < -0.3 is 15.3 Å². The molecule has 0 spiro atoms. The first-order valence-electron chi connectivity index (χ1n) is 12.5. The van der Waals surface area contributed by atoms with Gasteiger partial charge in [0.2, 0.25) is 11.9 Å². The Bertz CT molecular complexity index is 1160. The summed E-state index contributed by atoms with van der Waals surface area (Å²) in [6, 6.07) is 2.29. The van der Waals surface area contributed by atoms with Crippen molar-refractivity contribution in [1.82, 2.24) is 29.5 Å². The highest BCUT2D eigenvalue weighted by Gasteiger charge is 2.24. The van der Waals surface area contributed by atoms with Crippen molar-refractivity contribution in [3.8, 4) is 11.4 Å². The molecule has 174 valence electrons. The van der Waals surface area contributed by atoms with Crippen LogP contribution >= 0.6 is 0 Å². The predicted molar refractivity (Wildman–Crippen MR) is 127 cm³/mol. The van der Waals surface area contributed by atoms with Gasteiger partial charge in [0.05, 0.1) is 23.2 Å². The van der Waals surface area contributed by atoms with Crippen LogP contribution in [0.4, 0.5) is 11.9 Å². The first kappa shape index (κ1) is 20.8. The summed E-state index contributed by atoms with van der Waals surface area (Å²) in [6.45, 7) is 4.00. The Balaban J connectivity index is 1.41. The van der Waals surface area contributed by atoms with Gasteiger partial charge in [0.1, 0.15) is 11.4 Å². The van der Waals surface area contributed by atoms with Crippen LogP contribution in [-0.2, 0) is 12.8 Å². The van der Waals surface area contributed by atoms with E-state index in [0.29, 0.717) is 0 Å². The number of anilines is 2. The van der Waals surface area contributed by atoms with Crippen molar-refractivity contribution < 1.29 is 5.11 Å². The molecule has 1 saturated heterocycles. The number of hydrogen-bond acceptors (Lipinski definition) is 8. The molecule has 0 unspecified atom stereocenters. The minimum Gasteiger partial charge on any atom is -0.393 e. The zero-order valence-corrected chi connectivity index (χ0v) is 19.3. The Morgan fingerprint density at radius 3 is 2.39 bits per heavy atom. The summed E-state index contributed by atoms with van der Waals surface area (Å²) < 4.78 is 1.82. The average molecular weight is 449 g/mol. The molecule has 2 aliphatic carbocycles. The topological polar surface area (TPSA) is 104 Å². The third kappa shape index (κ3) is 4.03. The number of fused-ring (bicyclic) bond motifs is 2. The first-order valence-corrected chi connectivity index (χ1v) is 12.5. The molecule has 3 aromatic heterocycles. The number of aromatic nitrogens is 6. The fourth-order valence-corrected chi connectivity index (χ4v) is 5.37. The number of nitrogens with one attached hydrogen (secondary N) is 1. The normalized spacial score (nSPS) is 23.2. The number of nitrogens with zero attached hydrogens (tertiary/aromatic N) is 7. The van der Waals surface area contributed by atoms with Crippen molar-refractivity contribution in [3.05, 3.63) is 23.1 Å². The molecule has 2 fully saturated rings. The van der Waals surface area contributed by atoms with Gasteiger partial charge in [-0.2, -0.15) is 19.6 Å². The molecule has 9 nitrogen and oxygen atoms in total. The molecule has 0 bridgehead atoms. The van der Waals surface area contributed by atoms with E-state index in [0.717, 1.165) is 97.6 Å². The van der Waals surface area contributed by atoms with Gasteiger partial charge in [-0.05, 0) is 71.1 Å². The van der Waals surface area contributed by atoms with Gasteiger partial charge in [0.15, 0.2) is 5.65 Å². The van der Waals surface area contributed by atoms with Crippen LogP contribution in [0.15, 0.2) is 6.07 Å². The van der Waals surface area contributed by atoms with Gasteiger partial charge in [-0.25, -0.2) is 4.98 Å². The molecule has 3 aliphatic rings. The van der Waals surface area contributed by atoms with Crippen molar-refractivity contribution in [2.45, 2.75) is 83.3 Å². The summed E-state index contributed by atoms with van der Waals surface area (Å²) >= 11 is 0. The highest BCUT2D eigenvalue weighted by Crippen LogP contribution is 2.28. The smallest absolute Gasteiger partial charge is 0.230 e. The highest BCUT2D eigenvalue weighted by molar-refractivity contribution is 5.65. The third-order valence-corrected chi connectivity index (χ3v) is 7.28. The summed E-state index contributed by atoms with van der Waals surface area (Å²) in [5, 5.41) is 18.4. The maximum atomic E-state index is 9.90. The molecule has 3 aromatic rings. The lowest BCUT2D eigenvalue weighted by molar-refractivity contribution is 0.126. The molecule has 0 amide bonds. The van der Waals surface area contributed by atoms with Crippen molar-refractivity contribution >= 4 is 17.5 Å². The van der Waals surface area contributed by atoms with Crippen LogP contribution in [0.2, 0.25) is 0 Å². The van der Waals surface area contributed by atoms with Gasteiger partial charge in [0, 0.05) is 25.2 Å². The van der Waals surface area contributed by atoms with E-state index >= 15 is 0 Å². The van der Waals surface area contributed by atoms with Gasteiger partial charge >= 0.3 is 0 Å². The van der Waals surface area contributed by atoms with Crippen LogP contribution in [0.1, 0.15) is 68.4 Å². The van der Waals surface area contributed by atoms with E-state index in [1.54, 1.807) is 0 Å². The van der Waals surface area contributed by atoms with Crippen molar-refractivity contribution in [2.24, 2.45) is 0 Å². The molecule has 0 atom stereocenters. The minimum atomic E-state index is -0.185. The Kier molecular flexibility index (Phi) is 5.36. The highest BCUT2D eigenvalue weighted by atomic mass is 16.3. The maximum absolute atomic E-state index is 9.90. The van der Waals surface area contributed by atoms with E-state index in [2.05, 4.69) is 10.2 Å². The largest absolute Gasteiger partial charge is 0.393 e. The fourth-order valence-electron chi connectivity index (χ4n) is 5.37. The Morgan fingerprint density at radius 2 is 1.64 bits per heavy atom. The molecule has 33 heavy (non-hydrogen) atoms.